The molecule has 0 radical (unpaired) electrons. The van der Waals surface area contributed by atoms with Gasteiger partial charge >= 0.3 is 0 Å². The van der Waals surface area contributed by atoms with Crippen LogP contribution in [-0.4, -0.2) is 49.5 Å². The van der Waals surface area contributed by atoms with Crippen LogP contribution in [0.3, 0.4) is 0 Å². The van der Waals surface area contributed by atoms with Crippen molar-refractivity contribution in [3.8, 4) is 10.4 Å². The van der Waals surface area contributed by atoms with Gasteiger partial charge in [0, 0.05) is 19.3 Å². The summed E-state index contributed by atoms with van der Waals surface area (Å²) >= 11 is 1.62. The lowest BCUT2D eigenvalue weighted by molar-refractivity contribution is -0.140. The number of aromatic nitrogens is 4. The molecule has 1 aromatic carbocycles. The van der Waals surface area contributed by atoms with Gasteiger partial charge in [0.25, 0.3) is 0 Å². The highest BCUT2D eigenvalue weighted by atomic mass is 32.1. The van der Waals surface area contributed by atoms with Crippen molar-refractivity contribution in [2.45, 2.75) is 52.1 Å². The Labute approximate surface area is 197 Å². The van der Waals surface area contributed by atoms with E-state index in [-0.39, 0.29) is 17.7 Å². The standard InChI is InChI=1S/C24H28N6O2S/c1-15(2)20(22-25-10-11-28-29-22)24(32)30-12-4-5-19(30)23(31)26-13-17-6-8-18(9-7-17)21-16(3)27-14-33-21/h6-11,14-15,19-20H,4-5,12-13H2,1-3H3,(H,26,31). The van der Waals surface area contributed by atoms with Crippen molar-refractivity contribution >= 4 is 23.2 Å². The third-order valence-corrected chi connectivity index (χ3v) is 6.96. The van der Waals surface area contributed by atoms with Crippen molar-refractivity contribution in [3.63, 3.8) is 0 Å². The van der Waals surface area contributed by atoms with Gasteiger partial charge in [0.05, 0.1) is 22.3 Å². The highest BCUT2D eigenvalue weighted by Crippen LogP contribution is 2.29. The lowest BCUT2D eigenvalue weighted by Gasteiger charge is -2.29. The zero-order chi connectivity index (χ0) is 23.4. The van der Waals surface area contributed by atoms with E-state index in [0.29, 0.717) is 25.3 Å². The molecule has 0 bridgehead atoms. The van der Waals surface area contributed by atoms with Gasteiger partial charge in [-0.2, -0.15) is 5.10 Å². The molecule has 1 N–H and O–H groups in total. The van der Waals surface area contributed by atoms with Gasteiger partial charge in [-0.15, -0.1) is 16.4 Å². The first-order chi connectivity index (χ1) is 16.0. The van der Waals surface area contributed by atoms with Crippen LogP contribution in [-0.2, 0) is 16.1 Å². The van der Waals surface area contributed by atoms with Crippen LogP contribution < -0.4 is 5.32 Å². The summed E-state index contributed by atoms with van der Waals surface area (Å²) in [6.07, 6.45) is 4.48. The van der Waals surface area contributed by atoms with Crippen molar-refractivity contribution in [2.24, 2.45) is 5.92 Å². The molecule has 1 aliphatic heterocycles. The van der Waals surface area contributed by atoms with Crippen LogP contribution >= 0.6 is 11.3 Å². The summed E-state index contributed by atoms with van der Waals surface area (Å²) in [4.78, 5) is 37.8. The monoisotopic (exact) mass is 464 g/mol. The van der Waals surface area contributed by atoms with E-state index in [1.165, 1.54) is 6.20 Å². The molecule has 1 saturated heterocycles. The van der Waals surface area contributed by atoms with Crippen molar-refractivity contribution in [1.82, 2.24) is 30.4 Å². The molecule has 3 heterocycles. The van der Waals surface area contributed by atoms with Crippen LogP contribution in [0.1, 0.15) is 49.7 Å². The average molecular weight is 465 g/mol. The number of hydrogen-bond acceptors (Lipinski definition) is 7. The zero-order valence-electron chi connectivity index (χ0n) is 19.1. The smallest absolute Gasteiger partial charge is 0.243 e. The maximum absolute atomic E-state index is 13.4. The number of aryl methyl sites for hydroxylation is 1. The van der Waals surface area contributed by atoms with Gasteiger partial charge < -0.3 is 10.2 Å². The van der Waals surface area contributed by atoms with Gasteiger partial charge in [0.1, 0.15) is 12.0 Å². The van der Waals surface area contributed by atoms with Crippen LogP contribution in [0.4, 0.5) is 0 Å². The molecule has 0 aliphatic carbocycles. The molecular formula is C24H28N6O2S. The number of carbonyl (C=O) groups excluding carboxylic acids is 2. The third kappa shape index (κ3) is 5.08. The molecule has 0 spiro atoms. The topological polar surface area (TPSA) is 101 Å². The van der Waals surface area contributed by atoms with Gasteiger partial charge in [0.2, 0.25) is 11.8 Å². The summed E-state index contributed by atoms with van der Waals surface area (Å²) in [6.45, 7) is 6.89. The number of rotatable bonds is 7. The fraction of sp³-hybridized carbons (Fsp3) is 0.417. The second kappa shape index (κ2) is 10.2. The molecule has 1 aliphatic rings. The normalized spacial score (nSPS) is 16.7. The summed E-state index contributed by atoms with van der Waals surface area (Å²) in [5, 5.41) is 10.9. The second-order valence-corrected chi connectivity index (χ2v) is 9.45. The van der Waals surface area contributed by atoms with Gasteiger partial charge in [0.15, 0.2) is 5.82 Å². The van der Waals surface area contributed by atoms with E-state index in [4.69, 9.17) is 0 Å². The van der Waals surface area contributed by atoms with Crippen LogP contribution in [0.25, 0.3) is 10.4 Å². The number of benzene rings is 1. The van der Waals surface area contributed by atoms with Crippen molar-refractivity contribution < 1.29 is 9.59 Å². The van der Waals surface area contributed by atoms with Gasteiger partial charge in [-0.1, -0.05) is 38.1 Å². The first-order valence-electron chi connectivity index (χ1n) is 11.2. The molecule has 2 atom stereocenters. The predicted molar refractivity (Wildman–Crippen MR) is 126 cm³/mol. The van der Waals surface area contributed by atoms with E-state index in [2.05, 4.69) is 37.6 Å². The Morgan fingerprint density at radius 2 is 1.97 bits per heavy atom. The maximum atomic E-state index is 13.4. The largest absolute Gasteiger partial charge is 0.350 e. The maximum Gasteiger partial charge on any atom is 0.243 e. The lowest BCUT2D eigenvalue weighted by atomic mass is 9.93. The van der Waals surface area contributed by atoms with Gasteiger partial charge in [-0.05, 0) is 36.8 Å². The van der Waals surface area contributed by atoms with Crippen molar-refractivity contribution in [1.29, 1.82) is 0 Å². The van der Waals surface area contributed by atoms with Crippen molar-refractivity contribution in [3.05, 3.63) is 59.3 Å². The number of amides is 2. The first kappa shape index (κ1) is 23.0. The van der Waals surface area contributed by atoms with Gasteiger partial charge in [-0.3, -0.25) is 9.59 Å². The highest BCUT2D eigenvalue weighted by Gasteiger charge is 2.39. The van der Waals surface area contributed by atoms with Crippen LogP contribution in [0, 0.1) is 12.8 Å². The molecule has 1 fully saturated rings. The third-order valence-electron chi connectivity index (χ3n) is 5.98. The summed E-state index contributed by atoms with van der Waals surface area (Å²) in [5.74, 6) is -0.362. The Balaban J connectivity index is 1.40. The molecule has 0 saturated carbocycles. The molecule has 9 heteroatoms. The van der Waals surface area contributed by atoms with Crippen LogP contribution in [0.2, 0.25) is 0 Å². The van der Waals surface area contributed by atoms with E-state index in [1.54, 1.807) is 22.4 Å². The number of nitrogens with zero attached hydrogens (tertiary/aromatic N) is 5. The number of hydrogen-bond donors (Lipinski definition) is 1. The Hall–Kier alpha value is -3.20. The SMILES string of the molecule is Cc1ncsc1-c1ccc(CNC(=O)C2CCCN2C(=O)C(c2nccnn2)C(C)C)cc1. The minimum Gasteiger partial charge on any atom is -0.350 e. The molecule has 3 aromatic rings. The molecule has 2 aromatic heterocycles. The Morgan fingerprint density at radius 1 is 1.18 bits per heavy atom. The molecule has 172 valence electrons. The number of thiazole rings is 1. The second-order valence-electron chi connectivity index (χ2n) is 8.59. The number of likely N-dealkylation sites (tertiary alicyclic amines) is 1. The Kier molecular flexibility index (Phi) is 7.08. The summed E-state index contributed by atoms with van der Waals surface area (Å²) in [7, 11) is 0. The van der Waals surface area contributed by atoms with E-state index in [9.17, 15) is 9.59 Å². The minimum absolute atomic E-state index is 0.00768. The lowest BCUT2D eigenvalue weighted by Crippen LogP contribution is -2.48. The highest BCUT2D eigenvalue weighted by molar-refractivity contribution is 7.13. The van der Waals surface area contributed by atoms with E-state index >= 15 is 0 Å². The zero-order valence-corrected chi connectivity index (χ0v) is 19.9. The summed E-state index contributed by atoms with van der Waals surface area (Å²) in [5.41, 5.74) is 4.99. The Bertz CT molecular complexity index is 1100. The molecule has 33 heavy (non-hydrogen) atoms. The quantitative estimate of drug-likeness (QED) is 0.575. The van der Waals surface area contributed by atoms with E-state index in [1.807, 2.05) is 38.4 Å². The molecule has 2 amide bonds. The first-order valence-corrected chi connectivity index (χ1v) is 12.0. The van der Waals surface area contributed by atoms with Crippen LogP contribution in [0.5, 0.6) is 0 Å². The fourth-order valence-electron chi connectivity index (χ4n) is 4.24. The van der Waals surface area contributed by atoms with Crippen molar-refractivity contribution in [2.75, 3.05) is 6.54 Å². The minimum atomic E-state index is -0.519. The number of nitrogens with one attached hydrogen (secondary N) is 1. The molecule has 4 rings (SSSR count). The van der Waals surface area contributed by atoms with Gasteiger partial charge in [-0.25, -0.2) is 9.97 Å². The molecule has 2 unspecified atom stereocenters. The molecular weight excluding hydrogens is 436 g/mol. The summed E-state index contributed by atoms with van der Waals surface area (Å²) in [6, 6.07) is 7.65. The fourth-order valence-corrected chi connectivity index (χ4v) is 5.05. The van der Waals surface area contributed by atoms with Crippen LogP contribution in [0.15, 0.2) is 42.2 Å². The van der Waals surface area contributed by atoms with E-state index < -0.39 is 12.0 Å². The van der Waals surface area contributed by atoms with E-state index in [0.717, 1.165) is 28.1 Å². The predicted octanol–water partition coefficient (Wildman–Crippen LogP) is 3.35. The Morgan fingerprint density at radius 3 is 2.61 bits per heavy atom. The average Bonchev–Trinajstić information content (AvgIpc) is 3.48. The summed E-state index contributed by atoms with van der Waals surface area (Å²) < 4.78 is 0. The molecule has 8 nitrogen and oxygen atoms in total. The number of carbonyl (C=O) groups is 2.